The van der Waals surface area contributed by atoms with E-state index in [9.17, 15) is 4.79 Å². The molecule has 2 rings (SSSR count). The molecule has 0 heterocycles. The van der Waals surface area contributed by atoms with Gasteiger partial charge in [0.05, 0.1) is 7.11 Å². The van der Waals surface area contributed by atoms with Crippen LogP contribution in [0.5, 0.6) is 5.75 Å². The summed E-state index contributed by atoms with van der Waals surface area (Å²) >= 11 is 0. The smallest absolute Gasteiger partial charge is 0.221 e. The van der Waals surface area contributed by atoms with E-state index in [2.05, 4.69) is 5.32 Å². The van der Waals surface area contributed by atoms with Gasteiger partial charge in [-0.2, -0.15) is 0 Å². The molecule has 1 amide bonds. The lowest BCUT2D eigenvalue weighted by Crippen LogP contribution is -2.33. The molecule has 4 heteroatoms. The summed E-state index contributed by atoms with van der Waals surface area (Å²) in [5.74, 6) is 1.49. The second kappa shape index (κ2) is 6.57. The number of amides is 1. The first-order valence-electron chi connectivity index (χ1n) is 6.84. The van der Waals surface area contributed by atoms with Crippen LogP contribution in [0.1, 0.15) is 24.8 Å². The minimum atomic E-state index is 0.0426. The summed E-state index contributed by atoms with van der Waals surface area (Å²) in [4.78, 5) is 11.7. The molecule has 1 atom stereocenters. The normalized spacial score (nSPS) is 15.9. The number of nitrogens with one attached hydrogen (secondary N) is 1. The third kappa shape index (κ3) is 4.56. The summed E-state index contributed by atoms with van der Waals surface area (Å²) < 4.78 is 5.10. The first kappa shape index (κ1) is 13.9. The molecule has 3 N–H and O–H groups in total. The second-order valence-corrected chi connectivity index (χ2v) is 5.15. The average molecular weight is 262 g/mol. The lowest BCUT2D eigenvalue weighted by Gasteiger charge is -2.10. The summed E-state index contributed by atoms with van der Waals surface area (Å²) in [7, 11) is 1.65. The van der Waals surface area contributed by atoms with Gasteiger partial charge in [0, 0.05) is 19.0 Å². The van der Waals surface area contributed by atoms with Gasteiger partial charge in [0.15, 0.2) is 0 Å². The molecular weight excluding hydrogens is 240 g/mol. The highest BCUT2D eigenvalue weighted by molar-refractivity contribution is 5.76. The van der Waals surface area contributed by atoms with Crippen molar-refractivity contribution in [3.63, 3.8) is 0 Å². The molecule has 1 aromatic rings. The van der Waals surface area contributed by atoms with E-state index in [4.69, 9.17) is 10.5 Å². The van der Waals surface area contributed by atoms with Crippen LogP contribution in [0.15, 0.2) is 24.3 Å². The van der Waals surface area contributed by atoms with Crippen LogP contribution in [0.2, 0.25) is 0 Å². The van der Waals surface area contributed by atoms with E-state index in [0.29, 0.717) is 18.9 Å². The molecule has 1 aliphatic rings. The van der Waals surface area contributed by atoms with Crippen LogP contribution >= 0.6 is 0 Å². The number of hydrogen-bond donors (Lipinski definition) is 2. The zero-order valence-corrected chi connectivity index (χ0v) is 11.4. The van der Waals surface area contributed by atoms with Crippen LogP contribution in [0.4, 0.5) is 0 Å². The van der Waals surface area contributed by atoms with Gasteiger partial charge < -0.3 is 15.8 Å². The molecule has 1 aliphatic carbocycles. The number of carbonyl (C=O) groups is 1. The molecule has 0 spiro atoms. The number of hydrogen-bond acceptors (Lipinski definition) is 3. The van der Waals surface area contributed by atoms with Gasteiger partial charge in [-0.05, 0) is 42.9 Å². The van der Waals surface area contributed by atoms with Crippen LogP contribution in [-0.2, 0) is 11.2 Å². The van der Waals surface area contributed by atoms with Crippen molar-refractivity contribution in [1.29, 1.82) is 0 Å². The summed E-state index contributed by atoms with van der Waals surface area (Å²) in [5.41, 5.74) is 7.11. The van der Waals surface area contributed by atoms with Crippen LogP contribution in [0.25, 0.3) is 0 Å². The van der Waals surface area contributed by atoms with Gasteiger partial charge in [-0.3, -0.25) is 4.79 Å². The summed E-state index contributed by atoms with van der Waals surface area (Å²) in [6.45, 7) is 0.655. The van der Waals surface area contributed by atoms with Gasteiger partial charge in [0.1, 0.15) is 5.75 Å². The molecule has 0 aromatic heterocycles. The Morgan fingerprint density at radius 2 is 2.11 bits per heavy atom. The van der Waals surface area contributed by atoms with Crippen molar-refractivity contribution in [2.45, 2.75) is 31.7 Å². The van der Waals surface area contributed by atoms with E-state index in [1.165, 1.54) is 18.4 Å². The summed E-state index contributed by atoms with van der Waals surface area (Å²) in [6, 6.07) is 7.93. The fourth-order valence-corrected chi connectivity index (χ4v) is 2.12. The fourth-order valence-electron chi connectivity index (χ4n) is 2.12. The lowest BCUT2D eigenvalue weighted by atomic mass is 10.1. The van der Waals surface area contributed by atoms with Crippen LogP contribution in [0, 0.1) is 5.92 Å². The minimum absolute atomic E-state index is 0.0426. The highest BCUT2D eigenvalue weighted by Crippen LogP contribution is 2.32. The van der Waals surface area contributed by atoms with E-state index in [1.807, 2.05) is 24.3 Å². The maximum Gasteiger partial charge on any atom is 0.221 e. The lowest BCUT2D eigenvalue weighted by molar-refractivity contribution is -0.121. The summed E-state index contributed by atoms with van der Waals surface area (Å²) in [6.07, 6.45) is 3.64. The maximum absolute atomic E-state index is 11.7. The van der Waals surface area contributed by atoms with Crippen molar-refractivity contribution in [3.05, 3.63) is 29.8 Å². The molecule has 4 nitrogen and oxygen atoms in total. The predicted octanol–water partition coefficient (Wildman–Crippen LogP) is 1.48. The molecule has 1 fully saturated rings. The van der Waals surface area contributed by atoms with E-state index in [-0.39, 0.29) is 11.9 Å². The number of carbonyl (C=O) groups excluding carboxylic acids is 1. The van der Waals surface area contributed by atoms with Crippen molar-refractivity contribution in [2.24, 2.45) is 11.7 Å². The third-order valence-corrected chi connectivity index (χ3v) is 3.54. The van der Waals surface area contributed by atoms with Crippen LogP contribution in [0.3, 0.4) is 0 Å². The molecule has 104 valence electrons. The molecular formula is C15H22N2O2. The van der Waals surface area contributed by atoms with Crippen molar-refractivity contribution < 1.29 is 9.53 Å². The number of methoxy groups -OCH3 is 1. The molecule has 1 unspecified atom stereocenters. The van der Waals surface area contributed by atoms with Crippen LogP contribution < -0.4 is 15.8 Å². The molecule has 1 saturated carbocycles. The monoisotopic (exact) mass is 262 g/mol. The second-order valence-electron chi connectivity index (χ2n) is 5.15. The number of ether oxygens (including phenoxy) is 1. The molecule has 0 radical (unpaired) electrons. The van der Waals surface area contributed by atoms with E-state index >= 15 is 0 Å². The van der Waals surface area contributed by atoms with Crippen molar-refractivity contribution in [3.8, 4) is 5.75 Å². The number of benzene rings is 1. The van der Waals surface area contributed by atoms with E-state index < -0.39 is 0 Å². The standard InChI is InChI=1S/C15H22N2O2/c1-19-13-6-2-11(3-7-13)8-9-17-15(18)10-14(16)12-4-5-12/h2-3,6-7,12,14H,4-5,8-10,16H2,1H3,(H,17,18). The van der Waals surface area contributed by atoms with Crippen LogP contribution in [-0.4, -0.2) is 25.6 Å². The number of nitrogens with two attached hydrogens (primary N) is 1. The van der Waals surface area contributed by atoms with Gasteiger partial charge in [-0.15, -0.1) is 0 Å². The average Bonchev–Trinajstić information content (AvgIpc) is 3.24. The van der Waals surface area contributed by atoms with Crippen molar-refractivity contribution in [2.75, 3.05) is 13.7 Å². The fraction of sp³-hybridized carbons (Fsp3) is 0.533. The van der Waals surface area contributed by atoms with Gasteiger partial charge in [0.25, 0.3) is 0 Å². The SMILES string of the molecule is COc1ccc(CCNC(=O)CC(N)C2CC2)cc1. The first-order chi connectivity index (χ1) is 9.19. The molecule has 1 aromatic carbocycles. The highest BCUT2D eigenvalue weighted by Gasteiger charge is 2.29. The van der Waals surface area contributed by atoms with Crippen molar-refractivity contribution in [1.82, 2.24) is 5.32 Å². The van der Waals surface area contributed by atoms with Gasteiger partial charge >= 0.3 is 0 Å². The summed E-state index contributed by atoms with van der Waals surface area (Å²) in [5, 5.41) is 2.92. The van der Waals surface area contributed by atoms with Gasteiger partial charge in [-0.25, -0.2) is 0 Å². The van der Waals surface area contributed by atoms with E-state index in [0.717, 1.165) is 12.2 Å². The van der Waals surface area contributed by atoms with Crippen molar-refractivity contribution >= 4 is 5.91 Å². The minimum Gasteiger partial charge on any atom is -0.497 e. The van der Waals surface area contributed by atoms with E-state index in [1.54, 1.807) is 7.11 Å². The topological polar surface area (TPSA) is 64.3 Å². The Morgan fingerprint density at radius 1 is 1.42 bits per heavy atom. The Hall–Kier alpha value is -1.55. The molecule has 0 aliphatic heterocycles. The Balaban J connectivity index is 1.65. The Kier molecular flexibility index (Phi) is 4.80. The first-order valence-corrected chi connectivity index (χ1v) is 6.84. The highest BCUT2D eigenvalue weighted by atomic mass is 16.5. The zero-order chi connectivity index (χ0) is 13.7. The largest absolute Gasteiger partial charge is 0.497 e. The molecule has 0 bridgehead atoms. The predicted molar refractivity (Wildman–Crippen MR) is 75.0 cm³/mol. The Morgan fingerprint density at radius 3 is 2.68 bits per heavy atom. The Labute approximate surface area is 114 Å². The molecule has 19 heavy (non-hydrogen) atoms. The quantitative estimate of drug-likeness (QED) is 0.782. The Bertz CT molecular complexity index is 413. The third-order valence-electron chi connectivity index (χ3n) is 3.54. The number of rotatable bonds is 7. The van der Waals surface area contributed by atoms with Gasteiger partial charge in [0.2, 0.25) is 5.91 Å². The zero-order valence-electron chi connectivity index (χ0n) is 11.4. The molecule has 0 saturated heterocycles. The maximum atomic E-state index is 11.7. The van der Waals surface area contributed by atoms with Gasteiger partial charge in [-0.1, -0.05) is 12.1 Å².